The molecule has 23 heavy (non-hydrogen) atoms. The van der Waals surface area contributed by atoms with Gasteiger partial charge in [0.25, 0.3) is 0 Å². The number of aromatic nitrogens is 2. The van der Waals surface area contributed by atoms with Crippen LogP contribution in [0.1, 0.15) is 23.9 Å². The fourth-order valence-corrected chi connectivity index (χ4v) is 2.91. The molecule has 0 saturated heterocycles. The Kier molecular flexibility index (Phi) is 4.03. The predicted molar refractivity (Wildman–Crippen MR) is 85.6 cm³/mol. The number of benzene rings is 1. The number of aryl methyl sites for hydroxylation is 2. The van der Waals surface area contributed by atoms with Gasteiger partial charge in [0.2, 0.25) is 0 Å². The average molecular weight is 316 g/mol. The summed E-state index contributed by atoms with van der Waals surface area (Å²) in [4.78, 5) is 4.39. The van der Waals surface area contributed by atoms with Gasteiger partial charge in [0.05, 0.1) is 5.52 Å². The van der Waals surface area contributed by atoms with Crippen LogP contribution >= 0.6 is 0 Å². The molecule has 0 aliphatic heterocycles. The highest BCUT2D eigenvalue weighted by Crippen LogP contribution is 2.28. The van der Waals surface area contributed by atoms with Crippen LogP contribution in [-0.4, -0.2) is 9.55 Å². The van der Waals surface area contributed by atoms with Crippen LogP contribution in [0.4, 0.5) is 8.78 Å². The first-order valence-corrected chi connectivity index (χ1v) is 7.54. The predicted octanol–water partition coefficient (Wildman–Crippen LogP) is 4.53. The van der Waals surface area contributed by atoms with Crippen molar-refractivity contribution in [2.24, 2.45) is 0 Å². The first kappa shape index (κ1) is 15.5. The minimum Gasteiger partial charge on any atom is -0.484 e. The summed E-state index contributed by atoms with van der Waals surface area (Å²) in [5, 5.41) is 1.12. The molecule has 0 N–H and O–H groups in total. The van der Waals surface area contributed by atoms with Crippen LogP contribution in [0, 0.1) is 25.5 Å². The highest BCUT2D eigenvalue weighted by Gasteiger charge is 2.15. The van der Waals surface area contributed by atoms with Gasteiger partial charge in [-0.15, -0.1) is 0 Å². The van der Waals surface area contributed by atoms with E-state index in [0.29, 0.717) is 0 Å². The van der Waals surface area contributed by atoms with Crippen molar-refractivity contribution in [2.45, 2.75) is 33.9 Å². The summed E-state index contributed by atoms with van der Waals surface area (Å²) in [7, 11) is 0. The summed E-state index contributed by atoms with van der Waals surface area (Å²) >= 11 is 0. The maximum Gasteiger partial charge on any atom is 0.167 e. The number of ether oxygens (including phenoxy) is 1. The topological polar surface area (TPSA) is 27.1 Å². The molecule has 0 aliphatic carbocycles. The van der Waals surface area contributed by atoms with Gasteiger partial charge in [0, 0.05) is 29.9 Å². The van der Waals surface area contributed by atoms with Crippen LogP contribution in [0.5, 0.6) is 5.75 Å². The Hall–Kier alpha value is -2.43. The molecular formula is C18H18F2N2O. The summed E-state index contributed by atoms with van der Waals surface area (Å²) < 4.78 is 34.3. The maximum absolute atomic E-state index is 13.7. The van der Waals surface area contributed by atoms with Crippen molar-refractivity contribution in [3.8, 4) is 5.75 Å². The fourth-order valence-electron chi connectivity index (χ4n) is 2.91. The van der Waals surface area contributed by atoms with Crippen LogP contribution < -0.4 is 4.74 Å². The lowest BCUT2D eigenvalue weighted by molar-refractivity contribution is 0.286. The van der Waals surface area contributed by atoms with E-state index >= 15 is 0 Å². The van der Waals surface area contributed by atoms with Gasteiger partial charge in [-0.2, -0.15) is 0 Å². The summed E-state index contributed by atoms with van der Waals surface area (Å²) in [6, 6.07) is 5.26. The second-order valence-electron chi connectivity index (χ2n) is 5.47. The summed E-state index contributed by atoms with van der Waals surface area (Å²) in [6.07, 6.45) is 1.73. The van der Waals surface area contributed by atoms with Gasteiger partial charge in [-0.1, -0.05) is 0 Å². The van der Waals surface area contributed by atoms with Crippen LogP contribution in [0.3, 0.4) is 0 Å². The average Bonchev–Trinajstić information content (AvgIpc) is 2.78. The third-order valence-electron chi connectivity index (χ3n) is 4.20. The smallest absolute Gasteiger partial charge is 0.167 e. The normalized spacial score (nSPS) is 11.2. The molecule has 3 aromatic rings. The quantitative estimate of drug-likeness (QED) is 0.707. The van der Waals surface area contributed by atoms with Gasteiger partial charge in [-0.3, -0.25) is 4.98 Å². The fraction of sp³-hybridized carbons (Fsp3) is 0.278. The number of fused-ring (bicyclic) bond motifs is 1. The number of nitrogens with zero attached hydrogens (tertiary/aromatic N) is 2. The Balaban J connectivity index is 1.99. The Morgan fingerprint density at radius 2 is 1.96 bits per heavy atom. The third-order valence-corrected chi connectivity index (χ3v) is 4.20. The molecule has 2 aromatic heterocycles. The highest BCUT2D eigenvalue weighted by atomic mass is 19.1. The molecule has 0 aliphatic rings. The zero-order valence-corrected chi connectivity index (χ0v) is 13.4. The molecule has 0 spiro atoms. The van der Waals surface area contributed by atoms with Gasteiger partial charge in [0.15, 0.2) is 11.6 Å². The SMILES string of the molecule is CCn1c(C)c(C)c2ccnc(COc3ccc(F)cc3F)c21. The van der Waals surface area contributed by atoms with E-state index < -0.39 is 11.6 Å². The second-order valence-corrected chi connectivity index (χ2v) is 5.47. The number of pyridine rings is 1. The molecule has 3 rings (SSSR count). The molecule has 0 saturated carbocycles. The Morgan fingerprint density at radius 3 is 2.65 bits per heavy atom. The Morgan fingerprint density at radius 1 is 1.17 bits per heavy atom. The van der Waals surface area contributed by atoms with Gasteiger partial charge >= 0.3 is 0 Å². The minimum absolute atomic E-state index is 0.0215. The van der Waals surface area contributed by atoms with Crippen molar-refractivity contribution in [1.82, 2.24) is 9.55 Å². The van der Waals surface area contributed by atoms with Crippen molar-refractivity contribution in [1.29, 1.82) is 0 Å². The summed E-state index contributed by atoms with van der Waals surface area (Å²) in [5.41, 5.74) is 4.14. The molecule has 0 unspecified atom stereocenters. The molecule has 0 bridgehead atoms. The number of rotatable bonds is 4. The van der Waals surface area contributed by atoms with Gasteiger partial charge in [-0.25, -0.2) is 8.78 Å². The number of halogens is 2. The molecule has 0 atom stereocenters. The maximum atomic E-state index is 13.7. The van der Waals surface area contributed by atoms with Crippen molar-refractivity contribution in [3.63, 3.8) is 0 Å². The lowest BCUT2D eigenvalue weighted by Gasteiger charge is -2.10. The van der Waals surface area contributed by atoms with Crippen molar-refractivity contribution < 1.29 is 13.5 Å². The molecule has 0 radical (unpaired) electrons. The number of hydrogen-bond donors (Lipinski definition) is 0. The Bertz CT molecular complexity index is 871. The molecule has 5 heteroatoms. The Labute approximate surface area is 133 Å². The van der Waals surface area contributed by atoms with E-state index in [1.165, 1.54) is 23.4 Å². The van der Waals surface area contributed by atoms with E-state index in [2.05, 4.69) is 30.3 Å². The molecule has 0 fully saturated rings. The van der Waals surface area contributed by atoms with Crippen molar-refractivity contribution in [2.75, 3.05) is 0 Å². The zero-order valence-electron chi connectivity index (χ0n) is 13.4. The standard InChI is InChI=1S/C18H18F2N2O/c1-4-22-12(3)11(2)14-7-8-21-16(18(14)22)10-23-17-6-5-13(19)9-15(17)20/h5-9H,4,10H2,1-3H3. The first-order chi connectivity index (χ1) is 11.0. The molecular weight excluding hydrogens is 298 g/mol. The third kappa shape index (κ3) is 2.67. The molecule has 1 aromatic carbocycles. The first-order valence-electron chi connectivity index (χ1n) is 7.54. The largest absolute Gasteiger partial charge is 0.484 e. The van der Waals surface area contributed by atoms with E-state index in [1.54, 1.807) is 6.20 Å². The highest BCUT2D eigenvalue weighted by molar-refractivity contribution is 5.86. The molecule has 2 heterocycles. The van der Waals surface area contributed by atoms with Gasteiger partial charge in [0.1, 0.15) is 18.1 Å². The lowest BCUT2D eigenvalue weighted by Crippen LogP contribution is -2.05. The summed E-state index contributed by atoms with van der Waals surface area (Å²) in [6.45, 7) is 7.17. The molecule has 120 valence electrons. The molecule has 0 amide bonds. The van der Waals surface area contributed by atoms with Gasteiger partial charge in [-0.05, 0) is 44.5 Å². The number of hydrogen-bond acceptors (Lipinski definition) is 2. The zero-order chi connectivity index (χ0) is 16.6. The van der Waals surface area contributed by atoms with Crippen LogP contribution in [0.25, 0.3) is 10.9 Å². The van der Waals surface area contributed by atoms with E-state index in [-0.39, 0.29) is 12.4 Å². The summed E-state index contributed by atoms with van der Waals surface area (Å²) in [5.74, 6) is -1.31. The second kappa shape index (κ2) is 5.99. The van der Waals surface area contributed by atoms with E-state index in [4.69, 9.17) is 4.74 Å². The lowest BCUT2D eigenvalue weighted by atomic mass is 10.2. The van der Waals surface area contributed by atoms with Crippen LogP contribution in [0.15, 0.2) is 30.5 Å². The van der Waals surface area contributed by atoms with Crippen LogP contribution in [-0.2, 0) is 13.2 Å². The molecule has 3 nitrogen and oxygen atoms in total. The van der Waals surface area contributed by atoms with E-state index in [1.807, 2.05) is 6.07 Å². The monoisotopic (exact) mass is 316 g/mol. The van der Waals surface area contributed by atoms with Crippen LogP contribution in [0.2, 0.25) is 0 Å². The minimum atomic E-state index is -0.713. The van der Waals surface area contributed by atoms with Gasteiger partial charge < -0.3 is 9.30 Å². The van der Waals surface area contributed by atoms with Crippen molar-refractivity contribution in [3.05, 3.63) is 59.0 Å². The van der Waals surface area contributed by atoms with E-state index in [9.17, 15) is 8.78 Å². The van der Waals surface area contributed by atoms with Crippen molar-refractivity contribution >= 4 is 10.9 Å². The van der Waals surface area contributed by atoms with E-state index in [0.717, 1.165) is 29.2 Å².